The summed E-state index contributed by atoms with van der Waals surface area (Å²) in [7, 11) is -3.58. The lowest BCUT2D eigenvalue weighted by molar-refractivity contribution is 0.120. The fourth-order valence-corrected chi connectivity index (χ4v) is 4.13. The maximum Gasteiger partial charge on any atom is 0.240 e. The van der Waals surface area contributed by atoms with E-state index in [4.69, 9.17) is 11.6 Å². The van der Waals surface area contributed by atoms with Crippen LogP contribution in [0.1, 0.15) is 25.7 Å². The molecule has 0 atom stereocenters. The molecule has 3 rings (SSSR count). The number of hydrogen-bond donors (Lipinski definition) is 2. The molecule has 1 heterocycles. The molecule has 6 nitrogen and oxygen atoms in total. The first-order valence-electron chi connectivity index (χ1n) is 7.72. The maximum atomic E-state index is 12.5. The predicted octanol–water partition coefficient (Wildman–Crippen LogP) is 2.38. The van der Waals surface area contributed by atoms with Crippen LogP contribution in [0.25, 0.3) is 11.4 Å². The number of aliphatic hydroxyl groups excluding tert-OH is 1. The van der Waals surface area contributed by atoms with Crippen molar-refractivity contribution < 1.29 is 13.5 Å². The van der Waals surface area contributed by atoms with E-state index in [0.717, 1.165) is 0 Å². The highest BCUT2D eigenvalue weighted by Crippen LogP contribution is 2.22. The van der Waals surface area contributed by atoms with Gasteiger partial charge in [0.15, 0.2) is 5.82 Å². The van der Waals surface area contributed by atoms with Crippen molar-refractivity contribution in [2.24, 2.45) is 0 Å². The Morgan fingerprint density at radius 1 is 1.04 bits per heavy atom. The van der Waals surface area contributed by atoms with Crippen molar-refractivity contribution in [3.63, 3.8) is 0 Å². The van der Waals surface area contributed by atoms with Crippen molar-refractivity contribution in [1.29, 1.82) is 0 Å². The standard InChI is InChI=1S/C16H18ClN3O3S/c17-12-9-18-16(19-10-12)11-1-7-15(8-2-11)24(22,23)20-13-3-5-14(21)6-4-13/h1-2,7-10,13-14,20-21H,3-6H2/t13-,14-. The number of aliphatic hydroxyl groups is 1. The number of hydrogen-bond acceptors (Lipinski definition) is 5. The molecular formula is C16H18ClN3O3S. The van der Waals surface area contributed by atoms with E-state index < -0.39 is 10.0 Å². The van der Waals surface area contributed by atoms with Gasteiger partial charge in [0.2, 0.25) is 10.0 Å². The van der Waals surface area contributed by atoms with Crippen molar-refractivity contribution in [3.05, 3.63) is 41.7 Å². The topological polar surface area (TPSA) is 92.2 Å². The van der Waals surface area contributed by atoms with Gasteiger partial charge in [-0.25, -0.2) is 23.1 Å². The van der Waals surface area contributed by atoms with Crippen molar-refractivity contribution in [2.75, 3.05) is 0 Å². The summed E-state index contributed by atoms with van der Waals surface area (Å²) in [5.74, 6) is 0.484. The van der Waals surface area contributed by atoms with E-state index in [1.54, 1.807) is 12.1 Å². The molecule has 0 amide bonds. The highest BCUT2D eigenvalue weighted by atomic mass is 35.5. The molecule has 0 saturated heterocycles. The Kier molecular flexibility index (Phi) is 5.15. The number of aromatic nitrogens is 2. The zero-order valence-electron chi connectivity index (χ0n) is 12.9. The molecule has 24 heavy (non-hydrogen) atoms. The van der Waals surface area contributed by atoms with E-state index in [-0.39, 0.29) is 17.0 Å². The van der Waals surface area contributed by atoms with Crippen molar-refractivity contribution >= 4 is 21.6 Å². The van der Waals surface area contributed by atoms with Crippen LogP contribution in [0.2, 0.25) is 5.02 Å². The Morgan fingerprint density at radius 2 is 1.62 bits per heavy atom. The molecule has 2 N–H and O–H groups in total. The van der Waals surface area contributed by atoms with Gasteiger partial charge in [-0.3, -0.25) is 0 Å². The van der Waals surface area contributed by atoms with Gasteiger partial charge in [0.05, 0.1) is 16.0 Å². The monoisotopic (exact) mass is 367 g/mol. The zero-order chi connectivity index (χ0) is 17.2. The molecule has 2 aromatic rings. The zero-order valence-corrected chi connectivity index (χ0v) is 14.5. The lowest BCUT2D eigenvalue weighted by Crippen LogP contribution is -2.38. The quantitative estimate of drug-likeness (QED) is 0.865. The third-order valence-electron chi connectivity index (χ3n) is 4.06. The van der Waals surface area contributed by atoms with Gasteiger partial charge in [-0.05, 0) is 49.9 Å². The van der Waals surface area contributed by atoms with Crippen LogP contribution in [0.3, 0.4) is 0 Å². The molecule has 1 aromatic carbocycles. The van der Waals surface area contributed by atoms with Gasteiger partial charge in [0, 0.05) is 24.0 Å². The largest absolute Gasteiger partial charge is 0.393 e. The first-order valence-corrected chi connectivity index (χ1v) is 9.58. The molecule has 8 heteroatoms. The van der Waals surface area contributed by atoms with Gasteiger partial charge in [-0.15, -0.1) is 0 Å². The summed E-state index contributed by atoms with van der Waals surface area (Å²) in [4.78, 5) is 8.42. The smallest absolute Gasteiger partial charge is 0.240 e. The van der Waals surface area contributed by atoms with E-state index in [9.17, 15) is 13.5 Å². The summed E-state index contributed by atoms with van der Waals surface area (Å²) in [6.45, 7) is 0. The summed E-state index contributed by atoms with van der Waals surface area (Å²) in [6.07, 6.45) is 5.22. The summed E-state index contributed by atoms with van der Waals surface area (Å²) in [5, 5.41) is 9.95. The molecule has 1 fully saturated rings. The molecule has 0 unspecified atom stereocenters. The SMILES string of the molecule is O=S(=O)(N[C@H]1CC[C@H](O)CC1)c1ccc(-c2ncc(Cl)cn2)cc1. The molecule has 0 spiro atoms. The molecule has 1 aromatic heterocycles. The van der Waals surface area contributed by atoms with Gasteiger partial charge in [-0.1, -0.05) is 11.6 Å². The number of benzene rings is 1. The third kappa shape index (κ3) is 4.10. The van der Waals surface area contributed by atoms with E-state index in [1.807, 2.05) is 0 Å². The van der Waals surface area contributed by atoms with Gasteiger partial charge in [0.1, 0.15) is 0 Å². The van der Waals surface area contributed by atoms with Gasteiger partial charge in [-0.2, -0.15) is 0 Å². The fourth-order valence-electron chi connectivity index (χ4n) is 2.73. The van der Waals surface area contributed by atoms with E-state index in [1.165, 1.54) is 24.5 Å². The second-order valence-corrected chi connectivity index (χ2v) is 8.03. The average Bonchev–Trinajstić information content (AvgIpc) is 2.58. The van der Waals surface area contributed by atoms with Crippen LogP contribution in [-0.2, 0) is 10.0 Å². The van der Waals surface area contributed by atoms with E-state index in [2.05, 4.69) is 14.7 Å². The molecule has 1 aliphatic carbocycles. The van der Waals surface area contributed by atoms with Crippen LogP contribution < -0.4 is 4.72 Å². The number of rotatable bonds is 4. The minimum Gasteiger partial charge on any atom is -0.393 e. The molecule has 0 radical (unpaired) electrons. The lowest BCUT2D eigenvalue weighted by atomic mass is 9.94. The van der Waals surface area contributed by atoms with Crippen molar-refractivity contribution in [1.82, 2.24) is 14.7 Å². The van der Waals surface area contributed by atoms with Crippen LogP contribution in [0.5, 0.6) is 0 Å². The number of nitrogens with one attached hydrogen (secondary N) is 1. The van der Waals surface area contributed by atoms with Gasteiger partial charge >= 0.3 is 0 Å². The molecule has 1 aliphatic rings. The van der Waals surface area contributed by atoms with Gasteiger partial charge < -0.3 is 5.11 Å². The van der Waals surface area contributed by atoms with Crippen LogP contribution >= 0.6 is 11.6 Å². The van der Waals surface area contributed by atoms with E-state index >= 15 is 0 Å². The highest BCUT2D eigenvalue weighted by molar-refractivity contribution is 7.89. The fraction of sp³-hybridized carbons (Fsp3) is 0.375. The normalized spacial score (nSPS) is 21.6. The maximum absolute atomic E-state index is 12.5. The summed E-state index contributed by atoms with van der Waals surface area (Å²) in [5.41, 5.74) is 0.714. The molecule has 0 bridgehead atoms. The Morgan fingerprint density at radius 3 is 2.21 bits per heavy atom. The third-order valence-corrected chi connectivity index (χ3v) is 5.79. The van der Waals surface area contributed by atoms with Crippen LogP contribution in [0.15, 0.2) is 41.6 Å². The minimum atomic E-state index is -3.58. The highest BCUT2D eigenvalue weighted by Gasteiger charge is 2.24. The molecular weight excluding hydrogens is 350 g/mol. The lowest BCUT2D eigenvalue weighted by Gasteiger charge is -2.25. The molecule has 1 saturated carbocycles. The summed E-state index contributed by atoms with van der Waals surface area (Å²) < 4.78 is 27.6. The second kappa shape index (κ2) is 7.14. The molecule has 0 aliphatic heterocycles. The summed E-state index contributed by atoms with van der Waals surface area (Å²) >= 11 is 5.76. The number of halogens is 1. The number of sulfonamides is 1. The van der Waals surface area contributed by atoms with Crippen molar-refractivity contribution in [3.8, 4) is 11.4 Å². The van der Waals surface area contributed by atoms with Crippen LogP contribution in [0.4, 0.5) is 0 Å². The Hall–Kier alpha value is -1.54. The minimum absolute atomic E-state index is 0.127. The van der Waals surface area contributed by atoms with Crippen LogP contribution in [-0.4, -0.2) is 35.6 Å². The Balaban J connectivity index is 1.73. The first kappa shape index (κ1) is 17.3. The molecule has 128 valence electrons. The summed E-state index contributed by atoms with van der Waals surface area (Å²) in [6, 6.07) is 6.28. The average molecular weight is 368 g/mol. The second-order valence-electron chi connectivity index (χ2n) is 5.88. The Labute approximate surface area is 146 Å². The van der Waals surface area contributed by atoms with Crippen molar-refractivity contribution in [2.45, 2.75) is 42.7 Å². The predicted molar refractivity (Wildman–Crippen MR) is 91.1 cm³/mol. The van der Waals surface area contributed by atoms with Crippen LogP contribution in [0, 0.1) is 0 Å². The van der Waals surface area contributed by atoms with Gasteiger partial charge in [0.25, 0.3) is 0 Å². The Bertz CT molecular complexity index is 786. The van der Waals surface area contributed by atoms with E-state index in [0.29, 0.717) is 42.1 Å². The number of nitrogens with zero attached hydrogens (tertiary/aromatic N) is 2. The first-order chi connectivity index (χ1) is 11.4.